The van der Waals surface area contributed by atoms with Gasteiger partial charge in [-0.05, 0) is 62.1 Å². The van der Waals surface area contributed by atoms with Crippen LogP contribution < -0.4 is 10.2 Å². The van der Waals surface area contributed by atoms with E-state index in [1.807, 2.05) is 13.0 Å². The SMILES string of the molecule is Cc1nc(-c2ccccc2Br)cc([C@H]2CN3CC[C@H]2C[C@@H]3CNCc2ccc(N(C)C)cc2)n1. The quantitative estimate of drug-likeness (QED) is 0.461. The van der Waals surface area contributed by atoms with Gasteiger partial charge in [-0.2, -0.15) is 0 Å². The molecule has 4 heterocycles. The molecule has 6 heteroatoms. The van der Waals surface area contributed by atoms with E-state index in [-0.39, 0.29) is 0 Å². The van der Waals surface area contributed by atoms with Crippen LogP contribution in [-0.4, -0.2) is 54.6 Å². The van der Waals surface area contributed by atoms with E-state index in [0.717, 1.165) is 41.2 Å². The Labute approximate surface area is 211 Å². The maximum atomic E-state index is 4.91. The number of aryl methyl sites for hydroxylation is 1. The van der Waals surface area contributed by atoms with Crippen molar-refractivity contribution in [3.8, 4) is 11.3 Å². The lowest BCUT2D eigenvalue weighted by molar-refractivity contribution is 0.0292. The lowest BCUT2D eigenvalue weighted by Gasteiger charge is -2.50. The molecule has 0 saturated carbocycles. The molecule has 3 aliphatic heterocycles. The Kier molecular flexibility index (Phi) is 7.00. The topological polar surface area (TPSA) is 44.3 Å². The molecule has 2 aromatic carbocycles. The van der Waals surface area contributed by atoms with Gasteiger partial charge in [-0.3, -0.25) is 4.90 Å². The number of halogens is 1. The first-order valence-corrected chi connectivity index (χ1v) is 13.1. The molecule has 34 heavy (non-hydrogen) atoms. The predicted molar refractivity (Wildman–Crippen MR) is 143 cm³/mol. The van der Waals surface area contributed by atoms with E-state index in [1.165, 1.54) is 36.3 Å². The fraction of sp³-hybridized carbons (Fsp3) is 0.429. The molecule has 0 amide bonds. The molecule has 2 bridgehead atoms. The Bertz CT molecular complexity index is 1130. The largest absolute Gasteiger partial charge is 0.378 e. The van der Waals surface area contributed by atoms with Crippen molar-refractivity contribution in [3.63, 3.8) is 0 Å². The Hall–Kier alpha value is -2.28. The molecule has 6 rings (SSSR count). The van der Waals surface area contributed by atoms with Crippen molar-refractivity contribution >= 4 is 21.6 Å². The van der Waals surface area contributed by atoms with Gasteiger partial charge in [0.15, 0.2) is 0 Å². The Morgan fingerprint density at radius 3 is 2.59 bits per heavy atom. The number of benzene rings is 2. The highest BCUT2D eigenvalue weighted by molar-refractivity contribution is 9.10. The number of piperidine rings is 3. The molecule has 1 N–H and O–H groups in total. The van der Waals surface area contributed by atoms with Crippen molar-refractivity contribution in [3.05, 3.63) is 76.2 Å². The molecule has 5 nitrogen and oxygen atoms in total. The minimum atomic E-state index is 0.492. The molecular weight excluding hydrogens is 486 g/mol. The van der Waals surface area contributed by atoms with Crippen LogP contribution in [0.4, 0.5) is 5.69 Å². The molecule has 3 fully saturated rings. The van der Waals surface area contributed by atoms with Gasteiger partial charge in [0.25, 0.3) is 0 Å². The maximum absolute atomic E-state index is 4.91. The summed E-state index contributed by atoms with van der Waals surface area (Å²) in [4.78, 5) is 14.5. The third kappa shape index (κ3) is 5.04. The van der Waals surface area contributed by atoms with Gasteiger partial charge in [-0.25, -0.2) is 9.97 Å². The minimum absolute atomic E-state index is 0.492. The number of nitrogens with one attached hydrogen (secondary N) is 1. The number of rotatable bonds is 7. The molecule has 0 spiro atoms. The summed E-state index contributed by atoms with van der Waals surface area (Å²) in [5.41, 5.74) is 5.95. The zero-order valence-corrected chi connectivity index (χ0v) is 21.9. The van der Waals surface area contributed by atoms with Crippen LogP contribution in [0.3, 0.4) is 0 Å². The average Bonchev–Trinajstić information content (AvgIpc) is 2.84. The zero-order valence-electron chi connectivity index (χ0n) is 20.3. The van der Waals surface area contributed by atoms with Gasteiger partial charge in [-0.1, -0.05) is 46.3 Å². The van der Waals surface area contributed by atoms with E-state index in [4.69, 9.17) is 9.97 Å². The second-order valence-electron chi connectivity index (χ2n) is 9.94. The van der Waals surface area contributed by atoms with Crippen molar-refractivity contribution in [2.75, 3.05) is 38.6 Å². The number of nitrogens with zero attached hydrogens (tertiary/aromatic N) is 4. The van der Waals surface area contributed by atoms with Crippen molar-refractivity contribution in [1.82, 2.24) is 20.2 Å². The lowest BCUT2D eigenvalue weighted by atomic mass is 9.74. The molecule has 3 saturated heterocycles. The summed E-state index contributed by atoms with van der Waals surface area (Å²) in [5, 5.41) is 3.72. The number of aromatic nitrogens is 2. The van der Waals surface area contributed by atoms with Crippen LogP contribution in [0.15, 0.2) is 59.1 Å². The summed E-state index contributed by atoms with van der Waals surface area (Å²) in [6.45, 7) is 6.28. The van der Waals surface area contributed by atoms with Gasteiger partial charge in [0, 0.05) is 67.1 Å². The summed E-state index contributed by atoms with van der Waals surface area (Å²) >= 11 is 3.69. The van der Waals surface area contributed by atoms with Gasteiger partial charge in [0.1, 0.15) is 5.82 Å². The van der Waals surface area contributed by atoms with Crippen LogP contribution in [-0.2, 0) is 6.54 Å². The first-order valence-electron chi connectivity index (χ1n) is 12.3. The minimum Gasteiger partial charge on any atom is -0.378 e. The zero-order chi connectivity index (χ0) is 23.7. The van der Waals surface area contributed by atoms with E-state index in [2.05, 4.69) is 93.7 Å². The van der Waals surface area contributed by atoms with E-state index in [0.29, 0.717) is 17.9 Å². The van der Waals surface area contributed by atoms with Gasteiger partial charge in [-0.15, -0.1) is 0 Å². The normalized spacial score (nSPS) is 23.8. The highest BCUT2D eigenvalue weighted by Crippen LogP contribution is 2.42. The molecular formula is C28H34BrN5. The Balaban J connectivity index is 1.23. The monoisotopic (exact) mass is 519 g/mol. The highest BCUT2D eigenvalue weighted by atomic mass is 79.9. The summed E-state index contributed by atoms with van der Waals surface area (Å²) in [5.74, 6) is 2.04. The molecule has 3 aromatic rings. The maximum Gasteiger partial charge on any atom is 0.126 e. The molecule has 3 aliphatic rings. The molecule has 1 aromatic heterocycles. The smallest absolute Gasteiger partial charge is 0.126 e. The molecule has 1 unspecified atom stereocenters. The van der Waals surface area contributed by atoms with Crippen molar-refractivity contribution in [2.45, 2.75) is 38.3 Å². The third-order valence-corrected chi connectivity index (χ3v) is 8.12. The van der Waals surface area contributed by atoms with E-state index in [1.54, 1.807) is 0 Å². The number of hydrogen-bond acceptors (Lipinski definition) is 5. The fourth-order valence-electron chi connectivity index (χ4n) is 5.57. The molecule has 0 radical (unpaired) electrons. The summed E-state index contributed by atoms with van der Waals surface area (Å²) in [6.07, 6.45) is 2.51. The van der Waals surface area contributed by atoms with Crippen LogP contribution in [0.25, 0.3) is 11.3 Å². The second-order valence-corrected chi connectivity index (χ2v) is 10.8. The highest BCUT2D eigenvalue weighted by Gasteiger charge is 2.41. The molecule has 178 valence electrons. The van der Waals surface area contributed by atoms with E-state index in [9.17, 15) is 0 Å². The third-order valence-electron chi connectivity index (χ3n) is 7.43. The van der Waals surface area contributed by atoms with Crippen molar-refractivity contribution < 1.29 is 0 Å². The van der Waals surface area contributed by atoms with Crippen LogP contribution in [0, 0.1) is 12.8 Å². The van der Waals surface area contributed by atoms with Crippen LogP contribution in [0.2, 0.25) is 0 Å². The van der Waals surface area contributed by atoms with Crippen LogP contribution in [0.5, 0.6) is 0 Å². The Morgan fingerprint density at radius 1 is 1.09 bits per heavy atom. The van der Waals surface area contributed by atoms with Crippen LogP contribution >= 0.6 is 15.9 Å². The summed E-state index contributed by atoms with van der Waals surface area (Å²) in [6, 6.07) is 20.0. The van der Waals surface area contributed by atoms with Gasteiger partial charge >= 0.3 is 0 Å². The summed E-state index contributed by atoms with van der Waals surface area (Å²) < 4.78 is 1.08. The van der Waals surface area contributed by atoms with E-state index < -0.39 is 0 Å². The lowest BCUT2D eigenvalue weighted by Crippen LogP contribution is -2.55. The summed E-state index contributed by atoms with van der Waals surface area (Å²) in [7, 11) is 4.16. The standard InChI is InChI=1S/C28H34BrN5/c1-19-31-27(24-6-4-5-7-26(24)29)15-28(32-19)25-18-34-13-12-21(25)14-23(34)17-30-16-20-8-10-22(11-9-20)33(2)3/h4-11,15,21,23,25,30H,12-14,16-18H2,1-3H3/t21-,23+,25-/m0/s1. The van der Waals surface area contributed by atoms with Gasteiger partial charge in [0.2, 0.25) is 0 Å². The van der Waals surface area contributed by atoms with Gasteiger partial charge in [0.05, 0.1) is 5.69 Å². The average molecular weight is 521 g/mol. The number of anilines is 1. The van der Waals surface area contributed by atoms with Crippen molar-refractivity contribution in [2.24, 2.45) is 5.92 Å². The Morgan fingerprint density at radius 2 is 1.88 bits per heavy atom. The van der Waals surface area contributed by atoms with Crippen molar-refractivity contribution in [1.29, 1.82) is 0 Å². The van der Waals surface area contributed by atoms with Gasteiger partial charge < -0.3 is 10.2 Å². The second kappa shape index (κ2) is 10.1. The number of fused-ring (bicyclic) bond motifs is 3. The number of hydrogen-bond donors (Lipinski definition) is 1. The molecule has 4 atom stereocenters. The molecule has 0 aliphatic carbocycles. The first-order chi connectivity index (χ1) is 16.5. The fourth-order valence-corrected chi connectivity index (χ4v) is 6.06. The van der Waals surface area contributed by atoms with E-state index >= 15 is 0 Å². The van der Waals surface area contributed by atoms with Crippen LogP contribution in [0.1, 0.15) is 35.8 Å². The first kappa shape index (κ1) is 23.5. The predicted octanol–water partition coefficient (Wildman–Crippen LogP) is 5.25.